The zero-order chi connectivity index (χ0) is 8.69. The molecule has 66 valence electrons. The van der Waals surface area contributed by atoms with E-state index >= 15 is 0 Å². The van der Waals surface area contributed by atoms with E-state index in [2.05, 4.69) is 5.73 Å². The highest BCUT2D eigenvalue weighted by Gasteiger charge is 2.16. The van der Waals surface area contributed by atoms with Crippen molar-refractivity contribution in [2.75, 3.05) is 7.05 Å². The summed E-state index contributed by atoms with van der Waals surface area (Å²) in [5, 5.41) is 0. The lowest BCUT2D eigenvalue weighted by molar-refractivity contribution is -0.121. The fourth-order valence-electron chi connectivity index (χ4n) is 1.51. The zero-order valence-electron chi connectivity index (χ0n) is 7.60. The molecule has 11 heavy (non-hydrogen) atoms. The minimum absolute atomic E-state index is 0.398. The monoisotopic (exact) mass is 157 g/mol. The lowest BCUT2D eigenvalue weighted by Gasteiger charge is -2.17. The quantitative estimate of drug-likeness (QED) is 0.630. The summed E-state index contributed by atoms with van der Waals surface area (Å²) >= 11 is 0. The molecule has 0 bridgehead atoms. The van der Waals surface area contributed by atoms with Crippen LogP contribution in [0.25, 0.3) is 0 Å². The van der Waals surface area contributed by atoms with E-state index in [4.69, 9.17) is 0 Å². The van der Waals surface area contributed by atoms with Crippen LogP contribution in [0.1, 0.15) is 39.0 Å². The smallest absolute Gasteiger partial charge is 0.132 e. The SMILES string of the molecule is CC(=O)C1CCCCC1.CN. The van der Waals surface area contributed by atoms with Crippen LogP contribution in [0.15, 0.2) is 0 Å². The number of hydrogen-bond donors (Lipinski definition) is 1. The molecule has 0 saturated heterocycles. The van der Waals surface area contributed by atoms with Crippen molar-refractivity contribution in [3.63, 3.8) is 0 Å². The van der Waals surface area contributed by atoms with E-state index in [-0.39, 0.29) is 0 Å². The van der Waals surface area contributed by atoms with Crippen molar-refractivity contribution in [2.45, 2.75) is 39.0 Å². The molecule has 1 aliphatic rings. The highest BCUT2D eigenvalue weighted by Crippen LogP contribution is 2.23. The summed E-state index contributed by atoms with van der Waals surface area (Å²) in [6.45, 7) is 1.72. The molecular formula is C9H19NO. The fraction of sp³-hybridized carbons (Fsp3) is 0.889. The van der Waals surface area contributed by atoms with Gasteiger partial charge in [-0.1, -0.05) is 19.3 Å². The van der Waals surface area contributed by atoms with Gasteiger partial charge in [0.2, 0.25) is 0 Å². The predicted octanol–water partition coefficient (Wildman–Crippen LogP) is 1.73. The molecule has 2 heteroatoms. The number of Topliss-reactive ketones (excluding diaryl/α,β-unsaturated/α-hetero) is 1. The third-order valence-corrected chi connectivity index (χ3v) is 2.18. The van der Waals surface area contributed by atoms with E-state index in [0.717, 1.165) is 12.8 Å². The topological polar surface area (TPSA) is 43.1 Å². The summed E-state index contributed by atoms with van der Waals surface area (Å²) < 4.78 is 0. The lowest BCUT2D eigenvalue weighted by Crippen LogP contribution is -2.13. The van der Waals surface area contributed by atoms with E-state index < -0.39 is 0 Å². The Balaban J connectivity index is 0.000000461. The number of hydrogen-bond acceptors (Lipinski definition) is 2. The molecular weight excluding hydrogens is 138 g/mol. The molecule has 0 radical (unpaired) electrons. The molecule has 0 heterocycles. The predicted molar refractivity (Wildman–Crippen MR) is 47.4 cm³/mol. The van der Waals surface area contributed by atoms with Gasteiger partial charge in [0.1, 0.15) is 5.78 Å². The van der Waals surface area contributed by atoms with Crippen LogP contribution in [0, 0.1) is 5.92 Å². The van der Waals surface area contributed by atoms with Gasteiger partial charge in [0.05, 0.1) is 0 Å². The molecule has 2 nitrogen and oxygen atoms in total. The maximum atomic E-state index is 10.8. The van der Waals surface area contributed by atoms with E-state index in [0.29, 0.717) is 11.7 Å². The molecule has 1 saturated carbocycles. The molecule has 0 aromatic heterocycles. The van der Waals surface area contributed by atoms with Gasteiger partial charge in [-0.3, -0.25) is 4.79 Å². The van der Waals surface area contributed by atoms with Gasteiger partial charge >= 0.3 is 0 Å². The van der Waals surface area contributed by atoms with E-state index in [1.165, 1.54) is 26.3 Å². The van der Waals surface area contributed by atoms with Gasteiger partial charge in [0.25, 0.3) is 0 Å². The van der Waals surface area contributed by atoms with Crippen molar-refractivity contribution in [1.29, 1.82) is 0 Å². The molecule has 1 aliphatic carbocycles. The molecule has 2 N–H and O–H groups in total. The van der Waals surface area contributed by atoms with Crippen molar-refractivity contribution < 1.29 is 4.79 Å². The highest BCUT2D eigenvalue weighted by molar-refractivity contribution is 5.78. The Labute approximate surface area is 69.2 Å². The molecule has 0 atom stereocenters. The molecule has 0 unspecified atom stereocenters. The van der Waals surface area contributed by atoms with Gasteiger partial charge in [-0.05, 0) is 26.8 Å². The van der Waals surface area contributed by atoms with Crippen LogP contribution < -0.4 is 5.73 Å². The summed E-state index contributed by atoms with van der Waals surface area (Å²) in [5.41, 5.74) is 4.50. The van der Waals surface area contributed by atoms with Gasteiger partial charge in [-0.25, -0.2) is 0 Å². The van der Waals surface area contributed by atoms with E-state index in [1.807, 2.05) is 0 Å². The van der Waals surface area contributed by atoms with Crippen LogP contribution in [0.5, 0.6) is 0 Å². The van der Waals surface area contributed by atoms with Gasteiger partial charge in [-0.15, -0.1) is 0 Å². The Bertz CT molecular complexity index is 106. The normalized spacial score (nSPS) is 18.5. The molecule has 1 rings (SSSR count). The fourth-order valence-corrected chi connectivity index (χ4v) is 1.51. The Morgan fingerprint density at radius 3 is 1.91 bits per heavy atom. The number of nitrogens with two attached hydrogens (primary N) is 1. The highest BCUT2D eigenvalue weighted by atomic mass is 16.1. The minimum atomic E-state index is 0.398. The largest absolute Gasteiger partial charge is 0.333 e. The van der Waals surface area contributed by atoms with Gasteiger partial charge in [-0.2, -0.15) is 0 Å². The second-order valence-electron chi connectivity index (χ2n) is 2.95. The molecule has 1 fully saturated rings. The van der Waals surface area contributed by atoms with Crippen molar-refractivity contribution in [1.82, 2.24) is 0 Å². The second kappa shape index (κ2) is 6.35. The van der Waals surface area contributed by atoms with Crippen LogP contribution in [-0.2, 0) is 4.79 Å². The summed E-state index contributed by atoms with van der Waals surface area (Å²) in [6.07, 6.45) is 6.17. The van der Waals surface area contributed by atoms with Gasteiger partial charge < -0.3 is 5.73 Å². The third kappa shape index (κ3) is 4.14. The first-order valence-electron chi connectivity index (χ1n) is 4.39. The number of carbonyl (C=O) groups excluding carboxylic acids is 1. The van der Waals surface area contributed by atoms with Gasteiger partial charge in [0.15, 0.2) is 0 Å². The average Bonchev–Trinajstić information content (AvgIpc) is 2.10. The maximum absolute atomic E-state index is 10.8. The van der Waals surface area contributed by atoms with E-state index in [9.17, 15) is 4.79 Å². The molecule has 0 amide bonds. The van der Waals surface area contributed by atoms with Crippen molar-refractivity contribution in [3.8, 4) is 0 Å². The summed E-state index contributed by atoms with van der Waals surface area (Å²) in [4.78, 5) is 10.8. The summed E-state index contributed by atoms with van der Waals surface area (Å²) in [6, 6.07) is 0. The number of rotatable bonds is 1. The second-order valence-corrected chi connectivity index (χ2v) is 2.95. The first-order valence-corrected chi connectivity index (χ1v) is 4.39. The Morgan fingerprint density at radius 1 is 1.18 bits per heavy atom. The molecule has 0 aliphatic heterocycles. The third-order valence-electron chi connectivity index (χ3n) is 2.18. The van der Waals surface area contributed by atoms with Crippen molar-refractivity contribution in [2.24, 2.45) is 11.7 Å². The lowest BCUT2D eigenvalue weighted by atomic mass is 9.87. The van der Waals surface area contributed by atoms with E-state index in [1.54, 1.807) is 6.92 Å². The standard InChI is InChI=1S/C8H14O.CH5N/c1-7(9)8-5-3-2-4-6-8;1-2/h8H,2-6H2,1H3;2H2,1H3. The van der Waals surface area contributed by atoms with Crippen LogP contribution >= 0.6 is 0 Å². The van der Waals surface area contributed by atoms with Crippen molar-refractivity contribution in [3.05, 3.63) is 0 Å². The Morgan fingerprint density at radius 2 is 1.64 bits per heavy atom. The van der Waals surface area contributed by atoms with Crippen LogP contribution in [-0.4, -0.2) is 12.8 Å². The molecule has 0 aromatic rings. The average molecular weight is 157 g/mol. The number of carbonyl (C=O) groups is 1. The minimum Gasteiger partial charge on any atom is -0.333 e. The van der Waals surface area contributed by atoms with Crippen molar-refractivity contribution >= 4 is 5.78 Å². The summed E-state index contributed by atoms with van der Waals surface area (Å²) in [5.74, 6) is 0.813. The first kappa shape index (κ1) is 10.6. The zero-order valence-corrected chi connectivity index (χ0v) is 7.60. The van der Waals surface area contributed by atoms with Gasteiger partial charge in [0, 0.05) is 5.92 Å². The van der Waals surface area contributed by atoms with Crippen LogP contribution in [0.3, 0.4) is 0 Å². The number of ketones is 1. The van der Waals surface area contributed by atoms with Crippen LogP contribution in [0.4, 0.5) is 0 Å². The molecule has 0 spiro atoms. The first-order chi connectivity index (χ1) is 5.30. The Hall–Kier alpha value is -0.370. The maximum Gasteiger partial charge on any atom is 0.132 e. The molecule has 0 aromatic carbocycles. The van der Waals surface area contributed by atoms with Crippen LogP contribution in [0.2, 0.25) is 0 Å². The summed E-state index contributed by atoms with van der Waals surface area (Å²) in [7, 11) is 1.50. The Kier molecular flexibility index (Phi) is 6.13.